The number of alkyl halides is 3. The van der Waals surface area contributed by atoms with Crippen molar-refractivity contribution in [2.24, 2.45) is 11.8 Å². The average Bonchev–Trinajstić information content (AvgIpc) is 2.98. The summed E-state index contributed by atoms with van der Waals surface area (Å²) in [4.78, 5) is 31.8. The molecule has 1 saturated carbocycles. The molecule has 3 atom stereocenters. The van der Waals surface area contributed by atoms with Crippen LogP contribution < -0.4 is 14.4 Å². The fourth-order valence-corrected chi connectivity index (χ4v) is 5.35. The second-order valence-electron chi connectivity index (χ2n) is 10.4. The number of rotatable bonds is 10. The Bertz CT molecular complexity index is 1330. The summed E-state index contributed by atoms with van der Waals surface area (Å²) in [6.07, 6.45) is -4.79. The first-order valence-electron chi connectivity index (χ1n) is 13.8. The highest BCUT2D eigenvalue weighted by molar-refractivity contribution is 6.00. The molecule has 3 unspecified atom stereocenters. The Balaban J connectivity index is 1.73. The van der Waals surface area contributed by atoms with Crippen LogP contribution in [-0.4, -0.2) is 37.6 Å². The van der Waals surface area contributed by atoms with Gasteiger partial charge in [-0.1, -0.05) is 31.2 Å². The average molecular weight is 585 g/mol. The molecule has 1 aliphatic carbocycles. The summed E-state index contributed by atoms with van der Waals surface area (Å²) < 4.78 is 58.3. The van der Waals surface area contributed by atoms with E-state index in [1.807, 2.05) is 53.4 Å². The lowest BCUT2D eigenvalue weighted by atomic mass is 9.72. The smallest absolute Gasteiger partial charge is 0.418 e. The molecule has 0 saturated heterocycles. The summed E-state index contributed by atoms with van der Waals surface area (Å²) in [7, 11) is 3.15. The predicted molar refractivity (Wildman–Crippen MR) is 151 cm³/mol. The predicted octanol–water partition coefficient (Wildman–Crippen LogP) is 6.59. The number of ether oxygens (including phenoxy) is 3. The Morgan fingerprint density at radius 3 is 1.95 bits per heavy atom. The Kier molecular flexibility index (Phi) is 9.75. The Labute approximate surface area is 243 Å². The zero-order valence-corrected chi connectivity index (χ0v) is 24.1. The summed E-state index contributed by atoms with van der Waals surface area (Å²) in [6.45, 7) is 4.24. The molecule has 1 heterocycles. The number of halogens is 3. The number of nitrogens with zero attached hydrogens (tertiary/aromatic N) is 2. The fraction of sp³-hybridized carbons (Fsp3) is 0.406. The van der Waals surface area contributed by atoms with Gasteiger partial charge in [0.15, 0.2) is 0 Å². The molecular formula is C32H35F3N2O5. The number of methoxy groups -OCH3 is 2. The van der Waals surface area contributed by atoms with Crippen LogP contribution in [0.2, 0.25) is 0 Å². The number of pyridine rings is 1. The summed E-state index contributed by atoms with van der Waals surface area (Å²) >= 11 is 0. The quantitative estimate of drug-likeness (QED) is 0.197. The summed E-state index contributed by atoms with van der Waals surface area (Å²) in [5.41, 5.74) is 0.758. The van der Waals surface area contributed by atoms with Gasteiger partial charge >= 0.3 is 12.1 Å². The van der Waals surface area contributed by atoms with Gasteiger partial charge in [-0.2, -0.15) is 13.2 Å². The van der Waals surface area contributed by atoms with Crippen LogP contribution in [-0.2, 0) is 33.6 Å². The van der Waals surface area contributed by atoms with E-state index in [0.717, 1.165) is 17.2 Å². The van der Waals surface area contributed by atoms with Gasteiger partial charge in [-0.05, 0) is 66.8 Å². The van der Waals surface area contributed by atoms with E-state index in [2.05, 4.69) is 4.98 Å². The molecule has 0 aliphatic heterocycles. The molecule has 3 aromatic rings. The van der Waals surface area contributed by atoms with Gasteiger partial charge in [0.2, 0.25) is 0 Å². The van der Waals surface area contributed by atoms with Gasteiger partial charge in [0.05, 0.1) is 32.1 Å². The first kappa shape index (κ1) is 30.9. The summed E-state index contributed by atoms with van der Waals surface area (Å²) in [6, 6.07) is 17.3. The molecule has 0 radical (unpaired) electrons. The van der Waals surface area contributed by atoms with Crippen molar-refractivity contribution < 1.29 is 37.0 Å². The molecule has 0 bridgehead atoms. The van der Waals surface area contributed by atoms with Crippen LogP contribution in [0.25, 0.3) is 0 Å². The number of carbonyl (C=O) groups excluding carboxylic acids is 2. The van der Waals surface area contributed by atoms with Gasteiger partial charge in [-0.3, -0.25) is 9.59 Å². The van der Waals surface area contributed by atoms with Crippen molar-refractivity contribution in [3.63, 3.8) is 0 Å². The Hall–Kier alpha value is -4.08. The number of Topliss-reactive ketones (excluding diaryl/α,β-unsaturated/α-hetero) is 1. The second-order valence-corrected chi connectivity index (χ2v) is 10.4. The minimum Gasteiger partial charge on any atom is -0.497 e. The number of benzene rings is 2. The molecule has 1 aliphatic rings. The zero-order chi connectivity index (χ0) is 30.4. The maximum atomic E-state index is 14.3. The maximum Gasteiger partial charge on any atom is 0.418 e. The minimum absolute atomic E-state index is 0.104. The van der Waals surface area contributed by atoms with Crippen molar-refractivity contribution in [2.45, 2.75) is 51.9 Å². The van der Waals surface area contributed by atoms with Crippen LogP contribution in [0.4, 0.5) is 19.0 Å². The second kappa shape index (κ2) is 13.3. The van der Waals surface area contributed by atoms with Gasteiger partial charge < -0.3 is 19.1 Å². The molecule has 7 nitrogen and oxygen atoms in total. The van der Waals surface area contributed by atoms with Crippen LogP contribution >= 0.6 is 0 Å². The molecular weight excluding hydrogens is 549 g/mol. The van der Waals surface area contributed by atoms with Gasteiger partial charge in [0.1, 0.15) is 29.0 Å². The number of esters is 1. The van der Waals surface area contributed by atoms with Gasteiger partial charge in [0.25, 0.3) is 0 Å². The van der Waals surface area contributed by atoms with Crippen molar-refractivity contribution in [2.75, 3.05) is 25.7 Å². The lowest BCUT2D eigenvalue weighted by Gasteiger charge is -2.34. The van der Waals surface area contributed by atoms with Crippen molar-refractivity contribution in [3.05, 3.63) is 83.0 Å². The van der Waals surface area contributed by atoms with Crippen LogP contribution in [0.5, 0.6) is 11.5 Å². The molecule has 0 amide bonds. The monoisotopic (exact) mass is 584 g/mol. The molecule has 0 N–H and O–H groups in total. The van der Waals surface area contributed by atoms with Crippen molar-refractivity contribution >= 4 is 17.6 Å². The molecule has 1 fully saturated rings. The maximum absolute atomic E-state index is 14.3. The number of carbonyl (C=O) groups is 2. The normalized spacial score (nSPS) is 18.8. The molecule has 2 aromatic carbocycles. The number of anilines is 1. The van der Waals surface area contributed by atoms with E-state index >= 15 is 0 Å². The third kappa shape index (κ3) is 7.21. The van der Waals surface area contributed by atoms with Crippen LogP contribution in [0, 0.1) is 11.8 Å². The summed E-state index contributed by atoms with van der Waals surface area (Å²) in [5, 5.41) is 0. The standard InChI is InChI=1S/C32H35F3N2O5/c1-5-42-31(39)26-16-20(2)25(17-28(26)38)30-27(32(33,34)35)14-15-29(36-30)37(18-21-6-10-23(40-3)11-7-21)19-22-8-12-24(41-4)13-9-22/h6-15,20,25-26H,5,16-19H2,1-4H3. The van der Waals surface area contributed by atoms with Crippen LogP contribution in [0.3, 0.4) is 0 Å². The van der Waals surface area contributed by atoms with Crippen LogP contribution in [0.15, 0.2) is 60.7 Å². The molecule has 224 valence electrons. The zero-order valence-electron chi connectivity index (χ0n) is 24.1. The van der Waals surface area contributed by atoms with E-state index < -0.39 is 41.2 Å². The van der Waals surface area contributed by atoms with Crippen molar-refractivity contribution in [1.82, 2.24) is 4.98 Å². The molecule has 1 aromatic heterocycles. The van der Waals surface area contributed by atoms with E-state index in [1.54, 1.807) is 28.1 Å². The third-order valence-corrected chi connectivity index (χ3v) is 7.63. The van der Waals surface area contributed by atoms with Crippen LogP contribution in [0.1, 0.15) is 55.0 Å². The number of ketones is 1. The first-order valence-corrected chi connectivity index (χ1v) is 13.8. The lowest BCUT2D eigenvalue weighted by Crippen LogP contribution is -2.36. The molecule has 10 heteroatoms. The molecule has 4 rings (SSSR count). The highest BCUT2D eigenvalue weighted by Gasteiger charge is 2.44. The van der Waals surface area contributed by atoms with E-state index in [-0.39, 0.29) is 25.1 Å². The highest BCUT2D eigenvalue weighted by atomic mass is 19.4. The lowest BCUT2D eigenvalue weighted by molar-refractivity contribution is -0.154. The SMILES string of the molecule is CCOC(=O)C1CC(C)C(c2nc(N(Cc3ccc(OC)cc3)Cc3ccc(OC)cc3)ccc2C(F)(F)F)CC1=O. The molecule has 0 spiro atoms. The van der Waals surface area contributed by atoms with Gasteiger partial charge in [-0.15, -0.1) is 0 Å². The Morgan fingerprint density at radius 1 is 0.929 bits per heavy atom. The largest absolute Gasteiger partial charge is 0.497 e. The van der Waals surface area contributed by atoms with Gasteiger partial charge in [-0.25, -0.2) is 4.98 Å². The first-order chi connectivity index (χ1) is 20.0. The summed E-state index contributed by atoms with van der Waals surface area (Å²) in [5.74, 6) is -1.52. The number of aromatic nitrogens is 1. The number of hydrogen-bond acceptors (Lipinski definition) is 7. The number of hydrogen-bond donors (Lipinski definition) is 0. The fourth-order valence-electron chi connectivity index (χ4n) is 5.35. The van der Waals surface area contributed by atoms with Gasteiger partial charge in [0, 0.05) is 25.4 Å². The third-order valence-electron chi connectivity index (χ3n) is 7.63. The molecule has 42 heavy (non-hydrogen) atoms. The van der Waals surface area contributed by atoms with Crippen molar-refractivity contribution in [3.8, 4) is 11.5 Å². The Morgan fingerprint density at radius 2 is 1.48 bits per heavy atom. The topological polar surface area (TPSA) is 78.0 Å². The van der Waals surface area contributed by atoms with Crippen molar-refractivity contribution in [1.29, 1.82) is 0 Å². The van der Waals surface area contributed by atoms with E-state index in [1.165, 1.54) is 6.07 Å². The van der Waals surface area contributed by atoms with E-state index in [9.17, 15) is 22.8 Å². The minimum atomic E-state index is -4.67. The van der Waals surface area contributed by atoms with E-state index in [0.29, 0.717) is 30.4 Å². The highest BCUT2D eigenvalue weighted by Crippen LogP contribution is 2.44. The van der Waals surface area contributed by atoms with E-state index in [4.69, 9.17) is 14.2 Å².